The third kappa shape index (κ3) is 5.33. The summed E-state index contributed by atoms with van der Waals surface area (Å²) < 4.78 is 11.1. The Bertz CT molecular complexity index is 404. The lowest BCUT2D eigenvalue weighted by atomic mass is 9.80. The van der Waals surface area contributed by atoms with Gasteiger partial charge in [0.05, 0.1) is 12.7 Å². The molecular weight excluding hydrogens is 262 g/mol. The van der Waals surface area contributed by atoms with Crippen LogP contribution in [-0.4, -0.2) is 26.4 Å². The van der Waals surface area contributed by atoms with Crippen molar-refractivity contribution in [2.75, 3.05) is 20.3 Å². The number of rotatable bonds is 7. The molecule has 0 bridgehead atoms. The van der Waals surface area contributed by atoms with Crippen molar-refractivity contribution < 1.29 is 9.47 Å². The number of hydrogen-bond acceptors (Lipinski definition) is 3. The van der Waals surface area contributed by atoms with Crippen molar-refractivity contribution in [3.05, 3.63) is 29.8 Å². The van der Waals surface area contributed by atoms with Gasteiger partial charge in [0, 0.05) is 20.2 Å². The molecular formula is C18H29NO2. The van der Waals surface area contributed by atoms with Crippen molar-refractivity contribution >= 4 is 0 Å². The van der Waals surface area contributed by atoms with Crippen LogP contribution in [0.15, 0.2) is 24.3 Å². The second kappa shape index (κ2) is 8.40. The molecule has 0 aromatic heterocycles. The maximum atomic E-state index is 6.13. The van der Waals surface area contributed by atoms with E-state index in [0.29, 0.717) is 6.10 Å². The zero-order chi connectivity index (χ0) is 15.1. The van der Waals surface area contributed by atoms with E-state index in [1.165, 1.54) is 24.8 Å². The summed E-state index contributed by atoms with van der Waals surface area (Å²) in [6.45, 7) is 7.20. The molecule has 2 rings (SSSR count). The van der Waals surface area contributed by atoms with Gasteiger partial charge in [0.1, 0.15) is 5.75 Å². The minimum Gasteiger partial charge on any atom is -0.490 e. The molecule has 0 aliphatic heterocycles. The summed E-state index contributed by atoms with van der Waals surface area (Å²) in [5.41, 5.74) is 1.28. The number of ether oxygens (including phenoxy) is 2. The second-order valence-corrected chi connectivity index (χ2v) is 6.32. The van der Waals surface area contributed by atoms with E-state index in [9.17, 15) is 0 Å². The minimum atomic E-state index is 0.391. The first-order valence-corrected chi connectivity index (χ1v) is 8.14. The zero-order valence-corrected chi connectivity index (χ0v) is 13.6. The van der Waals surface area contributed by atoms with Crippen LogP contribution < -0.4 is 10.1 Å². The summed E-state index contributed by atoms with van der Waals surface area (Å²) in [6, 6.07) is 8.47. The summed E-state index contributed by atoms with van der Waals surface area (Å²) in [4.78, 5) is 0. The van der Waals surface area contributed by atoms with Crippen molar-refractivity contribution in [3.63, 3.8) is 0 Å². The lowest BCUT2D eigenvalue weighted by molar-refractivity contribution is 0.101. The molecule has 0 amide bonds. The monoisotopic (exact) mass is 291 g/mol. The van der Waals surface area contributed by atoms with E-state index in [-0.39, 0.29) is 0 Å². The molecule has 1 fully saturated rings. The molecule has 1 N–H and O–H groups in total. The van der Waals surface area contributed by atoms with Gasteiger partial charge in [-0.1, -0.05) is 26.0 Å². The third-order valence-corrected chi connectivity index (χ3v) is 4.59. The fraction of sp³-hybridized carbons (Fsp3) is 0.667. The highest BCUT2D eigenvalue weighted by Crippen LogP contribution is 2.31. The summed E-state index contributed by atoms with van der Waals surface area (Å²) in [5.74, 6) is 2.61. The molecule has 3 unspecified atom stereocenters. The van der Waals surface area contributed by atoms with Gasteiger partial charge in [-0.15, -0.1) is 0 Å². The van der Waals surface area contributed by atoms with E-state index >= 15 is 0 Å². The molecule has 0 spiro atoms. The van der Waals surface area contributed by atoms with E-state index in [2.05, 4.69) is 43.4 Å². The molecule has 1 saturated carbocycles. The molecule has 0 heterocycles. The molecule has 1 aliphatic carbocycles. The Kier molecular flexibility index (Phi) is 6.52. The standard InChI is InChI=1S/C18H29NO2/c1-14-4-7-18(12-15(14)2)21-17-8-5-16(6-9-17)13-19-10-11-20-3/h5-6,8-9,14-15,18-19H,4,7,10-13H2,1-3H3. The molecule has 3 atom stereocenters. The van der Waals surface area contributed by atoms with Gasteiger partial charge in [-0.2, -0.15) is 0 Å². The SMILES string of the molecule is COCCNCc1ccc(OC2CCC(C)C(C)C2)cc1. The smallest absolute Gasteiger partial charge is 0.119 e. The van der Waals surface area contributed by atoms with Crippen LogP contribution in [0.5, 0.6) is 5.75 Å². The molecule has 0 saturated heterocycles. The quantitative estimate of drug-likeness (QED) is 0.778. The molecule has 3 nitrogen and oxygen atoms in total. The topological polar surface area (TPSA) is 30.5 Å². The number of benzene rings is 1. The van der Waals surface area contributed by atoms with Gasteiger partial charge in [-0.3, -0.25) is 0 Å². The largest absolute Gasteiger partial charge is 0.490 e. The van der Waals surface area contributed by atoms with Crippen LogP contribution in [0.3, 0.4) is 0 Å². The average molecular weight is 291 g/mol. The van der Waals surface area contributed by atoms with Crippen molar-refractivity contribution in [3.8, 4) is 5.75 Å². The van der Waals surface area contributed by atoms with Crippen LogP contribution in [-0.2, 0) is 11.3 Å². The second-order valence-electron chi connectivity index (χ2n) is 6.32. The first-order valence-electron chi connectivity index (χ1n) is 8.14. The Balaban J connectivity index is 1.77. The number of nitrogens with one attached hydrogen (secondary N) is 1. The van der Waals surface area contributed by atoms with Crippen LogP contribution in [0.25, 0.3) is 0 Å². The fourth-order valence-electron chi connectivity index (χ4n) is 2.89. The first kappa shape index (κ1) is 16.3. The molecule has 1 aliphatic rings. The van der Waals surface area contributed by atoms with Gasteiger partial charge in [0.15, 0.2) is 0 Å². The summed E-state index contributed by atoms with van der Waals surface area (Å²) in [7, 11) is 1.72. The normalized spacial score (nSPS) is 25.8. The van der Waals surface area contributed by atoms with Crippen molar-refractivity contribution in [2.45, 2.75) is 45.8 Å². The summed E-state index contributed by atoms with van der Waals surface area (Å²) >= 11 is 0. The van der Waals surface area contributed by atoms with Gasteiger partial charge in [-0.05, 0) is 48.8 Å². The maximum absolute atomic E-state index is 6.13. The van der Waals surface area contributed by atoms with Crippen LogP contribution in [0.1, 0.15) is 38.7 Å². The van der Waals surface area contributed by atoms with Gasteiger partial charge < -0.3 is 14.8 Å². The number of hydrogen-bond donors (Lipinski definition) is 1. The lowest BCUT2D eigenvalue weighted by Crippen LogP contribution is -2.28. The highest BCUT2D eigenvalue weighted by Gasteiger charge is 2.25. The molecule has 0 radical (unpaired) electrons. The number of methoxy groups -OCH3 is 1. The molecule has 1 aromatic carbocycles. The predicted octanol–water partition coefficient (Wildman–Crippen LogP) is 3.63. The maximum Gasteiger partial charge on any atom is 0.119 e. The van der Waals surface area contributed by atoms with E-state index in [1.54, 1.807) is 7.11 Å². The Hall–Kier alpha value is -1.06. The average Bonchev–Trinajstić information content (AvgIpc) is 2.49. The fourth-order valence-corrected chi connectivity index (χ4v) is 2.89. The highest BCUT2D eigenvalue weighted by molar-refractivity contribution is 5.27. The zero-order valence-electron chi connectivity index (χ0n) is 13.6. The van der Waals surface area contributed by atoms with Crippen LogP contribution >= 0.6 is 0 Å². The Morgan fingerprint density at radius 3 is 2.52 bits per heavy atom. The van der Waals surface area contributed by atoms with Crippen molar-refractivity contribution in [2.24, 2.45) is 11.8 Å². The first-order chi connectivity index (χ1) is 10.2. The van der Waals surface area contributed by atoms with Crippen LogP contribution in [0.4, 0.5) is 0 Å². The van der Waals surface area contributed by atoms with E-state index in [4.69, 9.17) is 9.47 Å². The summed E-state index contributed by atoms with van der Waals surface area (Å²) in [6.07, 6.45) is 4.04. The van der Waals surface area contributed by atoms with Gasteiger partial charge in [0.2, 0.25) is 0 Å². The van der Waals surface area contributed by atoms with Gasteiger partial charge >= 0.3 is 0 Å². The molecule has 118 valence electrons. The Labute approximate surface area is 129 Å². The van der Waals surface area contributed by atoms with Gasteiger partial charge in [0.25, 0.3) is 0 Å². The Morgan fingerprint density at radius 2 is 1.86 bits per heavy atom. The van der Waals surface area contributed by atoms with Gasteiger partial charge in [-0.25, -0.2) is 0 Å². The summed E-state index contributed by atoms with van der Waals surface area (Å²) in [5, 5.41) is 3.35. The molecule has 21 heavy (non-hydrogen) atoms. The lowest BCUT2D eigenvalue weighted by Gasteiger charge is -2.32. The Morgan fingerprint density at radius 1 is 1.10 bits per heavy atom. The minimum absolute atomic E-state index is 0.391. The van der Waals surface area contributed by atoms with E-state index in [0.717, 1.165) is 37.3 Å². The van der Waals surface area contributed by atoms with E-state index in [1.807, 2.05) is 0 Å². The highest BCUT2D eigenvalue weighted by atomic mass is 16.5. The molecule has 3 heteroatoms. The van der Waals surface area contributed by atoms with Crippen LogP contribution in [0, 0.1) is 11.8 Å². The molecule has 1 aromatic rings. The van der Waals surface area contributed by atoms with Crippen molar-refractivity contribution in [1.82, 2.24) is 5.32 Å². The van der Waals surface area contributed by atoms with E-state index < -0.39 is 0 Å². The van der Waals surface area contributed by atoms with Crippen LogP contribution in [0.2, 0.25) is 0 Å². The van der Waals surface area contributed by atoms with Crippen molar-refractivity contribution in [1.29, 1.82) is 0 Å². The third-order valence-electron chi connectivity index (χ3n) is 4.59. The predicted molar refractivity (Wildman–Crippen MR) is 86.6 cm³/mol.